The third-order valence-electron chi connectivity index (χ3n) is 6.04. The third kappa shape index (κ3) is 3.26. The lowest BCUT2D eigenvalue weighted by atomic mass is 9.89. The SMILES string of the molecule is Cc1ccc(N2C(=O)C3ON(CC(N)=O)C(c4ccc5ccccc5c4)C3C2=O)cc1Cl. The predicted molar refractivity (Wildman–Crippen MR) is 120 cm³/mol. The van der Waals surface area contributed by atoms with Crippen LogP contribution >= 0.6 is 11.6 Å². The number of anilines is 1. The van der Waals surface area contributed by atoms with Gasteiger partial charge >= 0.3 is 0 Å². The van der Waals surface area contributed by atoms with Crippen molar-refractivity contribution in [2.45, 2.75) is 19.1 Å². The van der Waals surface area contributed by atoms with Crippen molar-refractivity contribution in [3.63, 3.8) is 0 Å². The Bertz CT molecular complexity index is 1280. The summed E-state index contributed by atoms with van der Waals surface area (Å²) in [5.74, 6) is -2.32. The molecular formula is C24H20ClN3O4. The smallest absolute Gasteiger partial charge is 0.265 e. The van der Waals surface area contributed by atoms with Crippen LogP contribution < -0.4 is 10.6 Å². The van der Waals surface area contributed by atoms with Crippen LogP contribution in [0.2, 0.25) is 5.02 Å². The molecule has 0 spiro atoms. The Kier molecular flexibility index (Phi) is 4.97. The van der Waals surface area contributed by atoms with Crippen LogP contribution in [0.5, 0.6) is 0 Å². The molecule has 2 heterocycles. The molecule has 3 unspecified atom stereocenters. The molecule has 3 aromatic rings. The van der Waals surface area contributed by atoms with Gasteiger partial charge in [-0.2, -0.15) is 5.06 Å². The second kappa shape index (κ2) is 7.70. The largest absolute Gasteiger partial charge is 0.368 e. The summed E-state index contributed by atoms with van der Waals surface area (Å²) in [5, 5.41) is 3.84. The van der Waals surface area contributed by atoms with Gasteiger partial charge in [0.25, 0.3) is 5.91 Å². The summed E-state index contributed by atoms with van der Waals surface area (Å²) in [6, 6.07) is 18.0. The zero-order chi connectivity index (χ0) is 22.6. The van der Waals surface area contributed by atoms with Crippen LogP contribution in [0.1, 0.15) is 17.2 Å². The molecule has 0 saturated carbocycles. The maximum absolute atomic E-state index is 13.5. The van der Waals surface area contributed by atoms with Crippen molar-refractivity contribution >= 4 is 45.8 Å². The Morgan fingerprint density at radius 1 is 1.03 bits per heavy atom. The van der Waals surface area contributed by atoms with Crippen LogP contribution in [-0.2, 0) is 19.2 Å². The Labute approximate surface area is 189 Å². The van der Waals surface area contributed by atoms with E-state index in [9.17, 15) is 14.4 Å². The van der Waals surface area contributed by atoms with E-state index >= 15 is 0 Å². The summed E-state index contributed by atoms with van der Waals surface area (Å²) in [7, 11) is 0. The number of nitrogens with zero attached hydrogens (tertiary/aromatic N) is 2. The van der Waals surface area contributed by atoms with Gasteiger partial charge in [0.05, 0.1) is 17.6 Å². The average molecular weight is 450 g/mol. The summed E-state index contributed by atoms with van der Waals surface area (Å²) >= 11 is 6.23. The number of hydrogen-bond donors (Lipinski definition) is 1. The van der Waals surface area contributed by atoms with Crippen molar-refractivity contribution in [2.75, 3.05) is 11.4 Å². The van der Waals surface area contributed by atoms with E-state index in [1.54, 1.807) is 18.2 Å². The second-order valence-corrected chi connectivity index (χ2v) is 8.50. The minimum absolute atomic E-state index is 0.235. The molecule has 2 fully saturated rings. The van der Waals surface area contributed by atoms with Gasteiger partial charge in [0.15, 0.2) is 6.10 Å². The number of benzene rings is 3. The van der Waals surface area contributed by atoms with E-state index in [-0.39, 0.29) is 6.54 Å². The standard InChI is InChI=1S/C24H20ClN3O4/c1-13-6-9-17(11-18(13)25)28-23(30)20-21(27(12-19(26)29)32-22(20)24(28)31)16-8-7-14-4-2-3-5-15(14)10-16/h2-11,20-22H,12H2,1H3,(H2,26,29). The number of halogens is 1. The maximum atomic E-state index is 13.5. The Morgan fingerprint density at radius 3 is 2.50 bits per heavy atom. The fourth-order valence-corrected chi connectivity index (χ4v) is 4.67. The first-order valence-electron chi connectivity index (χ1n) is 10.2. The molecule has 2 aliphatic heterocycles. The fourth-order valence-electron chi connectivity index (χ4n) is 4.50. The highest BCUT2D eigenvalue weighted by Gasteiger charge is 2.60. The number of hydroxylamine groups is 2. The van der Waals surface area contributed by atoms with Crippen molar-refractivity contribution in [1.29, 1.82) is 0 Å². The predicted octanol–water partition coefficient (Wildman–Crippen LogP) is 3.13. The number of fused-ring (bicyclic) bond motifs is 2. The van der Waals surface area contributed by atoms with Gasteiger partial charge in [-0.25, -0.2) is 4.90 Å². The zero-order valence-electron chi connectivity index (χ0n) is 17.2. The number of carbonyl (C=O) groups excluding carboxylic acids is 3. The van der Waals surface area contributed by atoms with Crippen molar-refractivity contribution in [1.82, 2.24) is 5.06 Å². The topological polar surface area (TPSA) is 92.9 Å². The average Bonchev–Trinajstić information content (AvgIpc) is 3.24. The summed E-state index contributed by atoms with van der Waals surface area (Å²) < 4.78 is 0. The van der Waals surface area contributed by atoms with Gasteiger partial charge in [0, 0.05) is 5.02 Å². The maximum Gasteiger partial charge on any atom is 0.265 e. The van der Waals surface area contributed by atoms with Crippen molar-refractivity contribution in [3.05, 3.63) is 76.8 Å². The summed E-state index contributed by atoms with van der Waals surface area (Å²) in [4.78, 5) is 45.4. The molecule has 8 heteroatoms. The molecule has 5 rings (SSSR count). The van der Waals surface area contributed by atoms with Gasteiger partial charge < -0.3 is 5.73 Å². The molecule has 2 aliphatic rings. The first-order chi connectivity index (χ1) is 15.3. The quantitative estimate of drug-likeness (QED) is 0.618. The van der Waals surface area contributed by atoms with E-state index < -0.39 is 35.8 Å². The van der Waals surface area contributed by atoms with E-state index in [2.05, 4.69) is 0 Å². The molecule has 3 amide bonds. The van der Waals surface area contributed by atoms with Gasteiger partial charge in [0.2, 0.25) is 11.8 Å². The van der Waals surface area contributed by atoms with E-state index in [4.69, 9.17) is 22.2 Å². The zero-order valence-corrected chi connectivity index (χ0v) is 18.0. The highest BCUT2D eigenvalue weighted by atomic mass is 35.5. The molecule has 0 aromatic heterocycles. The fraction of sp³-hybridized carbons (Fsp3) is 0.208. The van der Waals surface area contributed by atoms with E-state index in [1.807, 2.05) is 49.4 Å². The van der Waals surface area contributed by atoms with E-state index in [1.165, 1.54) is 5.06 Å². The number of imide groups is 1. The first-order valence-corrected chi connectivity index (χ1v) is 10.6. The van der Waals surface area contributed by atoms with Gasteiger partial charge in [0.1, 0.15) is 6.54 Å². The second-order valence-electron chi connectivity index (χ2n) is 8.09. The van der Waals surface area contributed by atoms with Crippen LogP contribution in [-0.4, -0.2) is 35.4 Å². The first kappa shape index (κ1) is 20.6. The Morgan fingerprint density at radius 2 is 1.78 bits per heavy atom. The van der Waals surface area contributed by atoms with Crippen molar-refractivity contribution in [2.24, 2.45) is 11.7 Å². The molecular weight excluding hydrogens is 430 g/mol. The van der Waals surface area contributed by atoms with Gasteiger partial charge in [-0.1, -0.05) is 54.1 Å². The van der Waals surface area contributed by atoms with Gasteiger partial charge in [-0.15, -0.1) is 0 Å². The summed E-state index contributed by atoms with van der Waals surface area (Å²) in [5.41, 5.74) is 7.42. The van der Waals surface area contributed by atoms with E-state index in [0.29, 0.717) is 10.7 Å². The molecule has 162 valence electrons. The van der Waals surface area contributed by atoms with Crippen LogP contribution in [0.15, 0.2) is 60.7 Å². The van der Waals surface area contributed by atoms with Crippen LogP contribution in [0.4, 0.5) is 5.69 Å². The molecule has 2 N–H and O–H groups in total. The Hall–Kier alpha value is -3.26. The molecule has 2 saturated heterocycles. The number of hydrogen-bond acceptors (Lipinski definition) is 5. The number of nitrogens with two attached hydrogens (primary N) is 1. The monoisotopic (exact) mass is 449 g/mol. The molecule has 0 bridgehead atoms. The lowest BCUT2D eigenvalue weighted by Crippen LogP contribution is -2.40. The molecule has 0 aliphatic carbocycles. The molecule has 3 atom stereocenters. The van der Waals surface area contributed by atoms with Gasteiger partial charge in [-0.3, -0.25) is 19.2 Å². The Balaban J connectivity index is 1.57. The number of primary amides is 1. The number of carbonyl (C=O) groups is 3. The summed E-state index contributed by atoms with van der Waals surface area (Å²) in [6.07, 6.45) is -1.04. The van der Waals surface area contributed by atoms with Crippen molar-refractivity contribution < 1.29 is 19.2 Å². The number of aryl methyl sites for hydroxylation is 1. The minimum Gasteiger partial charge on any atom is -0.368 e. The number of amides is 3. The molecule has 0 radical (unpaired) electrons. The minimum atomic E-state index is -1.04. The summed E-state index contributed by atoms with van der Waals surface area (Å²) in [6.45, 7) is 1.61. The lowest BCUT2D eigenvalue weighted by molar-refractivity contribution is -0.175. The van der Waals surface area contributed by atoms with Crippen molar-refractivity contribution in [3.8, 4) is 0 Å². The highest BCUT2D eigenvalue weighted by molar-refractivity contribution is 6.32. The van der Waals surface area contributed by atoms with E-state index in [0.717, 1.165) is 26.8 Å². The molecule has 3 aromatic carbocycles. The molecule has 32 heavy (non-hydrogen) atoms. The van der Waals surface area contributed by atoms with Crippen LogP contribution in [0, 0.1) is 12.8 Å². The highest BCUT2D eigenvalue weighted by Crippen LogP contribution is 2.46. The lowest BCUT2D eigenvalue weighted by Gasteiger charge is -2.26. The normalized spacial score (nSPS) is 23.2. The van der Waals surface area contributed by atoms with Crippen LogP contribution in [0.3, 0.4) is 0 Å². The number of rotatable bonds is 4. The van der Waals surface area contributed by atoms with Crippen LogP contribution in [0.25, 0.3) is 10.8 Å². The van der Waals surface area contributed by atoms with Gasteiger partial charge in [-0.05, 0) is 47.0 Å². The molecule has 7 nitrogen and oxygen atoms in total. The third-order valence-corrected chi connectivity index (χ3v) is 6.44.